The van der Waals surface area contributed by atoms with Crippen LogP contribution in [0.3, 0.4) is 0 Å². The quantitative estimate of drug-likeness (QED) is 0.520. The van der Waals surface area contributed by atoms with Gasteiger partial charge in [0.1, 0.15) is 0 Å². The molecule has 0 amide bonds. The monoisotopic (exact) mass is 205 g/mol. The molecule has 0 aliphatic rings. The van der Waals surface area contributed by atoms with Crippen LogP contribution in [0.25, 0.3) is 0 Å². The van der Waals surface area contributed by atoms with Gasteiger partial charge in [-0.25, -0.2) is 0 Å². The molecule has 0 spiro atoms. The Bertz CT molecular complexity index is 135. The Balaban J connectivity index is 0. The van der Waals surface area contributed by atoms with Gasteiger partial charge in [0, 0.05) is 5.57 Å². The summed E-state index contributed by atoms with van der Waals surface area (Å²) in [6, 6.07) is 0. The van der Waals surface area contributed by atoms with Crippen LogP contribution < -0.4 is 0 Å². The maximum Gasteiger partial charge on any atom is 0.247 e. The van der Waals surface area contributed by atoms with Crippen LogP contribution in [0.4, 0.5) is 0 Å². The third-order valence-corrected chi connectivity index (χ3v) is 2.00. The molecule has 0 fully saturated rings. The highest BCUT2D eigenvalue weighted by Gasteiger charge is 1.90. The second kappa shape index (κ2) is 9.75. The minimum atomic E-state index is -0.463. The molecule has 0 aliphatic carbocycles. The SMILES string of the molecule is C=C(C)C(=O)Cl.CCN(CC)CC. The average Bonchev–Trinajstić information content (AvgIpc) is 2.08. The standard InChI is InChI=1S/C6H15N.C4H5ClO/c1-4-7(5-2)6-3;1-3(2)4(5)6/h4-6H2,1-3H3;1H2,2H3. The number of nitrogens with zero attached hydrogens (tertiary/aromatic N) is 1. The summed E-state index contributed by atoms with van der Waals surface area (Å²) in [5.74, 6) is 0. The molecule has 2 nitrogen and oxygen atoms in total. The van der Waals surface area contributed by atoms with Gasteiger partial charge < -0.3 is 4.90 Å². The molecule has 13 heavy (non-hydrogen) atoms. The number of halogens is 1. The van der Waals surface area contributed by atoms with E-state index in [9.17, 15) is 4.79 Å². The van der Waals surface area contributed by atoms with Crippen molar-refractivity contribution in [2.24, 2.45) is 0 Å². The number of carbonyl (C=O) groups excluding carboxylic acids is 1. The van der Waals surface area contributed by atoms with Crippen LogP contribution in [0.15, 0.2) is 12.2 Å². The summed E-state index contributed by atoms with van der Waals surface area (Å²) < 4.78 is 0. The fraction of sp³-hybridized carbons (Fsp3) is 0.700. The number of hydrogen-bond acceptors (Lipinski definition) is 2. The van der Waals surface area contributed by atoms with Gasteiger partial charge in [-0.1, -0.05) is 27.4 Å². The van der Waals surface area contributed by atoms with Crippen molar-refractivity contribution < 1.29 is 4.79 Å². The first kappa shape index (κ1) is 15.1. The molecule has 0 rings (SSSR count). The summed E-state index contributed by atoms with van der Waals surface area (Å²) in [5, 5.41) is -0.463. The van der Waals surface area contributed by atoms with E-state index in [4.69, 9.17) is 11.6 Å². The second-order valence-corrected chi connectivity index (χ2v) is 3.02. The van der Waals surface area contributed by atoms with Crippen LogP contribution >= 0.6 is 11.6 Å². The maximum absolute atomic E-state index is 9.81. The molecule has 0 saturated heterocycles. The molecule has 0 aliphatic heterocycles. The molecule has 0 heterocycles. The zero-order chi connectivity index (χ0) is 10.9. The first-order chi connectivity index (χ1) is 5.99. The summed E-state index contributed by atoms with van der Waals surface area (Å²) in [6.45, 7) is 15.0. The zero-order valence-corrected chi connectivity index (χ0v) is 9.82. The Kier molecular flexibility index (Phi) is 11.4. The predicted octanol–water partition coefficient (Wildman–Crippen LogP) is 2.68. The summed E-state index contributed by atoms with van der Waals surface area (Å²) in [5.41, 5.74) is 0.386. The molecule has 78 valence electrons. The van der Waals surface area contributed by atoms with Gasteiger partial charge in [0.25, 0.3) is 0 Å². The van der Waals surface area contributed by atoms with Crippen LogP contribution in [-0.4, -0.2) is 29.8 Å². The van der Waals surface area contributed by atoms with Gasteiger partial charge in [-0.15, -0.1) is 0 Å². The Labute approximate surface area is 86.6 Å². The van der Waals surface area contributed by atoms with E-state index < -0.39 is 5.24 Å². The van der Waals surface area contributed by atoms with Gasteiger partial charge >= 0.3 is 0 Å². The van der Waals surface area contributed by atoms with E-state index in [1.165, 1.54) is 19.6 Å². The minimum absolute atomic E-state index is 0.386. The highest BCUT2D eigenvalue weighted by atomic mass is 35.5. The van der Waals surface area contributed by atoms with Crippen molar-refractivity contribution in [2.45, 2.75) is 27.7 Å². The molecule has 0 atom stereocenters. The maximum atomic E-state index is 9.81. The van der Waals surface area contributed by atoms with Gasteiger partial charge in [0.2, 0.25) is 5.24 Å². The van der Waals surface area contributed by atoms with Crippen LogP contribution in [0, 0.1) is 0 Å². The molecular weight excluding hydrogens is 186 g/mol. The molecule has 0 radical (unpaired) electrons. The molecule has 0 saturated carbocycles. The Morgan fingerprint density at radius 1 is 1.23 bits per heavy atom. The van der Waals surface area contributed by atoms with Crippen molar-refractivity contribution in [3.8, 4) is 0 Å². The summed E-state index contributed by atoms with van der Waals surface area (Å²) in [4.78, 5) is 12.2. The smallest absolute Gasteiger partial charge is 0.247 e. The number of rotatable bonds is 4. The van der Waals surface area contributed by atoms with Gasteiger partial charge in [-0.2, -0.15) is 0 Å². The minimum Gasteiger partial charge on any atom is -0.304 e. The normalized spacial score (nSPS) is 9.08. The van der Waals surface area contributed by atoms with E-state index in [0.717, 1.165) is 0 Å². The van der Waals surface area contributed by atoms with Crippen LogP contribution in [0.2, 0.25) is 0 Å². The van der Waals surface area contributed by atoms with Gasteiger partial charge in [-0.05, 0) is 38.2 Å². The number of carbonyl (C=O) groups is 1. The fourth-order valence-corrected chi connectivity index (χ4v) is 0.671. The van der Waals surface area contributed by atoms with Crippen molar-refractivity contribution in [3.05, 3.63) is 12.2 Å². The third kappa shape index (κ3) is 11.7. The largest absolute Gasteiger partial charge is 0.304 e. The molecule has 0 bridgehead atoms. The Hall–Kier alpha value is -0.340. The third-order valence-electron chi connectivity index (χ3n) is 1.68. The van der Waals surface area contributed by atoms with E-state index in [-0.39, 0.29) is 0 Å². The van der Waals surface area contributed by atoms with Crippen LogP contribution in [0.1, 0.15) is 27.7 Å². The van der Waals surface area contributed by atoms with Crippen molar-refractivity contribution in [2.75, 3.05) is 19.6 Å². The highest BCUT2D eigenvalue weighted by molar-refractivity contribution is 6.67. The molecule has 0 N–H and O–H groups in total. The Morgan fingerprint density at radius 3 is 1.46 bits per heavy atom. The molecule has 0 aromatic heterocycles. The van der Waals surface area contributed by atoms with E-state index in [0.29, 0.717) is 5.57 Å². The zero-order valence-electron chi connectivity index (χ0n) is 9.06. The topological polar surface area (TPSA) is 20.3 Å². The predicted molar refractivity (Wildman–Crippen MR) is 59.1 cm³/mol. The number of allylic oxidation sites excluding steroid dienone is 1. The van der Waals surface area contributed by atoms with E-state index in [1.54, 1.807) is 6.92 Å². The lowest BCUT2D eigenvalue weighted by molar-refractivity contribution is -0.108. The lowest BCUT2D eigenvalue weighted by atomic mass is 10.4. The lowest BCUT2D eigenvalue weighted by Crippen LogP contribution is -2.21. The van der Waals surface area contributed by atoms with Gasteiger partial charge in [-0.3, -0.25) is 4.79 Å². The molecule has 3 heteroatoms. The Morgan fingerprint density at radius 2 is 1.46 bits per heavy atom. The van der Waals surface area contributed by atoms with E-state index >= 15 is 0 Å². The summed E-state index contributed by atoms with van der Waals surface area (Å²) in [6.07, 6.45) is 0. The van der Waals surface area contributed by atoms with Crippen molar-refractivity contribution in [3.63, 3.8) is 0 Å². The molecule has 0 aromatic carbocycles. The molecule has 0 unspecified atom stereocenters. The van der Waals surface area contributed by atoms with Crippen molar-refractivity contribution in [1.82, 2.24) is 4.90 Å². The number of hydrogen-bond donors (Lipinski definition) is 0. The average molecular weight is 206 g/mol. The van der Waals surface area contributed by atoms with Gasteiger partial charge in [0.15, 0.2) is 0 Å². The first-order valence-electron chi connectivity index (χ1n) is 4.57. The molecule has 0 aromatic rings. The van der Waals surface area contributed by atoms with Crippen molar-refractivity contribution in [1.29, 1.82) is 0 Å². The first-order valence-corrected chi connectivity index (χ1v) is 4.94. The van der Waals surface area contributed by atoms with Crippen molar-refractivity contribution >= 4 is 16.8 Å². The highest BCUT2D eigenvalue weighted by Crippen LogP contribution is 1.91. The fourth-order valence-electron chi connectivity index (χ4n) is 0.671. The van der Waals surface area contributed by atoms with Crippen LogP contribution in [0.5, 0.6) is 0 Å². The summed E-state index contributed by atoms with van der Waals surface area (Å²) >= 11 is 4.87. The van der Waals surface area contributed by atoms with Crippen LogP contribution in [-0.2, 0) is 4.79 Å². The second-order valence-electron chi connectivity index (χ2n) is 2.67. The molecular formula is C10H20ClNO. The van der Waals surface area contributed by atoms with Gasteiger partial charge in [0.05, 0.1) is 0 Å². The summed E-state index contributed by atoms with van der Waals surface area (Å²) in [7, 11) is 0. The van der Waals surface area contributed by atoms with E-state index in [2.05, 4.69) is 32.3 Å². The lowest BCUT2D eigenvalue weighted by Gasteiger charge is -2.13. The van der Waals surface area contributed by atoms with E-state index in [1.807, 2.05) is 0 Å².